The Bertz CT molecular complexity index is 1020. The minimum atomic E-state index is -0.417. The number of aliphatic hydroxyl groups is 1. The molecule has 0 aliphatic rings. The third-order valence-corrected chi connectivity index (χ3v) is 3.83. The van der Waals surface area contributed by atoms with Crippen LogP contribution in [0.3, 0.4) is 0 Å². The molecule has 5 N–H and O–H groups in total. The van der Waals surface area contributed by atoms with E-state index in [-0.39, 0.29) is 11.7 Å². The van der Waals surface area contributed by atoms with Crippen molar-refractivity contribution in [1.29, 1.82) is 0 Å². The Balaban J connectivity index is 0.000000271. The maximum Gasteiger partial charge on any atom is 0.323 e. The van der Waals surface area contributed by atoms with Gasteiger partial charge in [0.05, 0.1) is 4.92 Å². The molecule has 0 saturated carbocycles. The minimum Gasteiger partial charge on any atom is -0.400 e. The van der Waals surface area contributed by atoms with Crippen LogP contribution in [-0.2, 0) is 0 Å². The molecule has 0 atom stereocenters. The number of nitrogens with one attached hydrogen (secondary N) is 2. The number of benzene rings is 4. The molecule has 0 aliphatic carbocycles. The maximum absolute atomic E-state index is 11.6. The molecular formula is C26H28N4O4. The van der Waals surface area contributed by atoms with Gasteiger partial charge in [-0.3, -0.25) is 10.1 Å². The molecule has 0 aromatic heterocycles. The van der Waals surface area contributed by atoms with Crippen molar-refractivity contribution < 1.29 is 14.8 Å². The topological polar surface area (TPSA) is 131 Å². The number of aliphatic hydroxyl groups excluding tert-OH is 1. The Morgan fingerprint density at radius 3 is 1.26 bits per heavy atom. The highest BCUT2D eigenvalue weighted by atomic mass is 16.6. The molecule has 176 valence electrons. The number of hydrogen-bond acceptors (Lipinski definition) is 5. The summed E-state index contributed by atoms with van der Waals surface area (Å²) < 4.78 is 0. The number of nitrogens with two attached hydrogens (primary N) is 1. The van der Waals surface area contributed by atoms with Crippen LogP contribution in [-0.4, -0.2) is 23.2 Å². The number of nitrogen functional groups attached to an aromatic ring is 1. The van der Waals surface area contributed by atoms with Crippen molar-refractivity contribution in [2.75, 3.05) is 23.5 Å². The molecule has 4 aromatic rings. The second kappa shape index (κ2) is 16.9. The number of hydrogen-bond donors (Lipinski definition) is 4. The van der Waals surface area contributed by atoms with Gasteiger partial charge in [-0.25, -0.2) is 4.79 Å². The van der Waals surface area contributed by atoms with Gasteiger partial charge in [-0.1, -0.05) is 72.8 Å². The average molecular weight is 461 g/mol. The summed E-state index contributed by atoms with van der Waals surface area (Å²) in [6.07, 6.45) is 0. The number of carbonyl (C=O) groups is 1. The zero-order valence-corrected chi connectivity index (χ0v) is 18.7. The summed E-state index contributed by atoms with van der Waals surface area (Å²) >= 11 is 0. The van der Waals surface area contributed by atoms with Gasteiger partial charge in [0, 0.05) is 36.3 Å². The van der Waals surface area contributed by atoms with Crippen molar-refractivity contribution in [3.8, 4) is 0 Å². The van der Waals surface area contributed by atoms with E-state index in [2.05, 4.69) is 10.6 Å². The lowest BCUT2D eigenvalue weighted by Gasteiger charge is -2.06. The Morgan fingerprint density at radius 2 is 1.00 bits per heavy atom. The highest BCUT2D eigenvalue weighted by Crippen LogP contribution is 2.08. The van der Waals surface area contributed by atoms with Crippen molar-refractivity contribution >= 4 is 28.8 Å². The van der Waals surface area contributed by atoms with Crippen molar-refractivity contribution in [2.24, 2.45) is 0 Å². The summed E-state index contributed by atoms with van der Waals surface area (Å²) in [5.74, 6) is 0. The van der Waals surface area contributed by atoms with Gasteiger partial charge in [0.15, 0.2) is 0 Å². The molecule has 0 bridgehead atoms. The molecule has 0 heterocycles. The van der Waals surface area contributed by atoms with E-state index >= 15 is 0 Å². The number of nitrogens with zero attached hydrogens (tertiary/aromatic N) is 1. The van der Waals surface area contributed by atoms with Crippen LogP contribution < -0.4 is 16.4 Å². The van der Waals surface area contributed by atoms with Gasteiger partial charge in [0.2, 0.25) is 0 Å². The van der Waals surface area contributed by atoms with Crippen LogP contribution >= 0.6 is 0 Å². The third kappa shape index (κ3) is 12.2. The highest BCUT2D eigenvalue weighted by molar-refractivity contribution is 5.99. The van der Waals surface area contributed by atoms with Gasteiger partial charge in [0.25, 0.3) is 5.69 Å². The molecule has 4 rings (SSSR count). The van der Waals surface area contributed by atoms with Crippen molar-refractivity contribution in [3.05, 3.63) is 131 Å². The first-order valence-corrected chi connectivity index (χ1v) is 10.2. The quantitative estimate of drug-likeness (QED) is 0.174. The van der Waals surface area contributed by atoms with Crippen LogP contribution in [0.1, 0.15) is 0 Å². The molecule has 8 heteroatoms. The standard InChI is InChI=1S/C13H12N2O.C6H5NO2.C6H7N.CH4O/c16-13(14-11-7-3-1-4-8-11)15-12-9-5-2-6-10-12;8-7(9)6-4-2-1-3-5-6;7-6-4-2-1-3-5-6;1-2/h1-10H,(H2,14,15,16);1-5H;1-5H,7H2;2H,1H3. The van der Waals surface area contributed by atoms with Crippen molar-refractivity contribution in [1.82, 2.24) is 0 Å². The van der Waals surface area contributed by atoms with Crippen molar-refractivity contribution in [3.63, 3.8) is 0 Å². The van der Waals surface area contributed by atoms with Crippen LogP contribution in [0.25, 0.3) is 0 Å². The second-order valence-corrected chi connectivity index (χ2v) is 6.31. The largest absolute Gasteiger partial charge is 0.400 e. The number of carbonyl (C=O) groups excluding carboxylic acids is 1. The number of non-ortho nitro benzene ring substituents is 1. The van der Waals surface area contributed by atoms with E-state index < -0.39 is 4.92 Å². The number of nitro groups is 1. The molecule has 0 unspecified atom stereocenters. The Hall–Kier alpha value is -4.69. The number of para-hydroxylation sites is 4. The summed E-state index contributed by atoms with van der Waals surface area (Å²) in [6.45, 7) is 0. The fraction of sp³-hybridized carbons (Fsp3) is 0.0385. The first kappa shape index (κ1) is 27.3. The van der Waals surface area contributed by atoms with E-state index in [1.807, 2.05) is 91.0 Å². The Morgan fingerprint density at radius 1 is 0.676 bits per heavy atom. The van der Waals surface area contributed by atoms with E-state index in [1.165, 1.54) is 12.1 Å². The molecule has 8 nitrogen and oxygen atoms in total. The van der Waals surface area contributed by atoms with Gasteiger partial charge < -0.3 is 21.5 Å². The van der Waals surface area contributed by atoms with Crippen LogP contribution in [0.2, 0.25) is 0 Å². The SMILES string of the molecule is CO.Nc1ccccc1.O=C(Nc1ccccc1)Nc1ccccc1.O=[N+]([O-])c1ccccc1. The molecule has 0 saturated heterocycles. The zero-order chi connectivity index (χ0) is 25.0. The lowest BCUT2D eigenvalue weighted by molar-refractivity contribution is -0.384. The van der Waals surface area contributed by atoms with Gasteiger partial charge >= 0.3 is 6.03 Å². The lowest BCUT2D eigenvalue weighted by atomic mass is 10.3. The van der Waals surface area contributed by atoms with Crippen molar-refractivity contribution in [2.45, 2.75) is 0 Å². The molecule has 4 aromatic carbocycles. The smallest absolute Gasteiger partial charge is 0.323 e. The summed E-state index contributed by atoms with van der Waals surface area (Å²) in [5, 5.41) is 22.5. The fourth-order valence-corrected chi connectivity index (χ4v) is 2.34. The number of amides is 2. The summed E-state index contributed by atoms with van der Waals surface area (Å²) in [5.41, 5.74) is 7.86. The fourth-order valence-electron chi connectivity index (χ4n) is 2.34. The zero-order valence-electron chi connectivity index (χ0n) is 18.7. The molecule has 0 spiro atoms. The van der Waals surface area contributed by atoms with Gasteiger partial charge in [-0.2, -0.15) is 0 Å². The predicted octanol–water partition coefficient (Wildman–Crippen LogP) is 5.80. The van der Waals surface area contributed by atoms with E-state index in [0.29, 0.717) is 0 Å². The van der Waals surface area contributed by atoms with Crippen LogP contribution in [0.4, 0.5) is 27.5 Å². The molecule has 0 radical (unpaired) electrons. The molecule has 34 heavy (non-hydrogen) atoms. The Labute approximate surface area is 198 Å². The van der Waals surface area contributed by atoms with E-state index in [9.17, 15) is 14.9 Å². The van der Waals surface area contributed by atoms with E-state index in [1.54, 1.807) is 18.2 Å². The second-order valence-electron chi connectivity index (χ2n) is 6.31. The number of anilines is 3. The number of rotatable bonds is 3. The third-order valence-electron chi connectivity index (χ3n) is 3.83. The van der Waals surface area contributed by atoms with Crippen LogP contribution in [0.15, 0.2) is 121 Å². The lowest BCUT2D eigenvalue weighted by Crippen LogP contribution is -2.19. The Kier molecular flexibility index (Phi) is 13.6. The summed E-state index contributed by atoms with van der Waals surface area (Å²) in [6, 6.07) is 35.8. The van der Waals surface area contributed by atoms with E-state index in [4.69, 9.17) is 10.8 Å². The van der Waals surface area contributed by atoms with Gasteiger partial charge in [0.1, 0.15) is 0 Å². The van der Waals surface area contributed by atoms with Gasteiger partial charge in [-0.05, 0) is 36.4 Å². The predicted molar refractivity (Wildman–Crippen MR) is 138 cm³/mol. The highest BCUT2D eigenvalue weighted by Gasteiger charge is 2.00. The maximum atomic E-state index is 11.6. The first-order valence-electron chi connectivity index (χ1n) is 10.2. The minimum absolute atomic E-state index is 0.137. The monoisotopic (exact) mass is 460 g/mol. The average Bonchev–Trinajstić information content (AvgIpc) is 2.88. The summed E-state index contributed by atoms with van der Waals surface area (Å²) in [4.78, 5) is 21.1. The normalized spacial score (nSPS) is 8.76. The van der Waals surface area contributed by atoms with Gasteiger partial charge in [-0.15, -0.1) is 0 Å². The molecule has 0 fully saturated rings. The van der Waals surface area contributed by atoms with Crippen LogP contribution in [0, 0.1) is 10.1 Å². The molecular weight excluding hydrogens is 432 g/mol. The summed E-state index contributed by atoms with van der Waals surface area (Å²) in [7, 11) is 1.00. The molecule has 0 aliphatic heterocycles. The molecule has 2 amide bonds. The van der Waals surface area contributed by atoms with Crippen LogP contribution in [0.5, 0.6) is 0 Å². The number of urea groups is 1. The van der Waals surface area contributed by atoms with E-state index in [0.717, 1.165) is 24.2 Å². The number of nitro benzene ring substituents is 1. The first-order chi connectivity index (χ1) is 16.5.